The van der Waals surface area contributed by atoms with Gasteiger partial charge in [-0.2, -0.15) is 0 Å². The van der Waals surface area contributed by atoms with Crippen molar-refractivity contribution in [2.75, 3.05) is 5.32 Å². The number of benzene rings is 1. The van der Waals surface area contributed by atoms with Crippen LogP contribution in [0, 0.1) is 18.7 Å². The van der Waals surface area contributed by atoms with E-state index in [0.29, 0.717) is 11.3 Å². The molecule has 0 fully saturated rings. The third-order valence-electron chi connectivity index (χ3n) is 4.99. The van der Waals surface area contributed by atoms with Crippen LogP contribution < -0.4 is 10.9 Å². The molecule has 5 nitrogen and oxygen atoms in total. The third-order valence-corrected chi connectivity index (χ3v) is 6.16. The van der Waals surface area contributed by atoms with Gasteiger partial charge < -0.3 is 5.32 Å². The number of rotatable bonds is 3. The normalized spacial score (nSPS) is 16.3. The van der Waals surface area contributed by atoms with Gasteiger partial charge in [-0.05, 0) is 55.4 Å². The van der Waals surface area contributed by atoms with Crippen LogP contribution in [0.5, 0.6) is 0 Å². The summed E-state index contributed by atoms with van der Waals surface area (Å²) in [4.78, 5) is 31.6. The Kier molecular flexibility index (Phi) is 4.55. The number of aryl methyl sites for hydroxylation is 2. The lowest BCUT2D eigenvalue weighted by molar-refractivity contribution is -0.116. The average molecular weight is 385 g/mol. The number of carbonyl (C=O) groups is 1. The Bertz CT molecular complexity index is 1100. The molecule has 4 rings (SSSR count). The fourth-order valence-electron chi connectivity index (χ4n) is 3.54. The van der Waals surface area contributed by atoms with Gasteiger partial charge in [0.1, 0.15) is 17.2 Å². The van der Waals surface area contributed by atoms with Crippen LogP contribution >= 0.6 is 11.3 Å². The highest BCUT2D eigenvalue weighted by Gasteiger charge is 2.23. The highest BCUT2D eigenvalue weighted by molar-refractivity contribution is 7.18. The molecule has 2 aromatic heterocycles. The molecular weight excluding hydrogens is 365 g/mol. The van der Waals surface area contributed by atoms with E-state index in [1.54, 1.807) is 24.3 Å². The van der Waals surface area contributed by atoms with Crippen LogP contribution in [-0.2, 0) is 24.2 Å². The first-order valence-electron chi connectivity index (χ1n) is 8.98. The van der Waals surface area contributed by atoms with Gasteiger partial charge in [0.2, 0.25) is 5.91 Å². The summed E-state index contributed by atoms with van der Waals surface area (Å²) in [6.07, 6.45) is 4.31. The summed E-state index contributed by atoms with van der Waals surface area (Å²) in [6.45, 7) is 3.79. The first-order valence-corrected chi connectivity index (χ1v) is 9.79. The number of carbonyl (C=O) groups excluding carboxylic acids is 1. The smallest absolute Gasteiger partial charge is 0.262 e. The van der Waals surface area contributed by atoms with Gasteiger partial charge in [-0.1, -0.05) is 13.0 Å². The zero-order valence-corrected chi connectivity index (χ0v) is 16.0. The van der Waals surface area contributed by atoms with Crippen molar-refractivity contribution in [1.82, 2.24) is 9.55 Å². The lowest BCUT2D eigenvalue weighted by Gasteiger charge is -2.17. The number of halogens is 1. The molecule has 27 heavy (non-hydrogen) atoms. The summed E-state index contributed by atoms with van der Waals surface area (Å²) in [6, 6.07) is 4.59. The molecule has 0 aliphatic heterocycles. The molecule has 3 aromatic rings. The number of nitrogens with zero attached hydrogens (tertiary/aromatic N) is 2. The number of nitrogens with one attached hydrogen (secondary N) is 1. The van der Waals surface area contributed by atoms with E-state index in [0.717, 1.165) is 35.2 Å². The molecule has 1 aromatic carbocycles. The first kappa shape index (κ1) is 17.9. The molecule has 0 spiro atoms. The zero-order valence-electron chi connectivity index (χ0n) is 15.2. The summed E-state index contributed by atoms with van der Waals surface area (Å²) >= 11 is 1.58. The lowest BCUT2D eigenvalue weighted by atomic mass is 9.89. The molecule has 140 valence electrons. The molecule has 1 N–H and O–H groups in total. The van der Waals surface area contributed by atoms with Gasteiger partial charge in [0, 0.05) is 4.88 Å². The van der Waals surface area contributed by atoms with E-state index in [4.69, 9.17) is 0 Å². The van der Waals surface area contributed by atoms with Crippen LogP contribution in [0.2, 0.25) is 0 Å². The van der Waals surface area contributed by atoms with Crippen LogP contribution in [0.15, 0.2) is 29.3 Å². The second-order valence-electron chi connectivity index (χ2n) is 7.24. The Hall–Kier alpha value is -2.54. The topological polar surface area (TPSA) is 64.0 Å². The maximum atomic E-state index is 13.9. The molecule has 7 heteroatoms. The highest BCUT2D eigenvalue weighted by atomic mass is 32.1. The first-order chi connectivity index (χ1) is 12.9. The molecule has 0 saturated carbocycles. The van der Waals surface area contributed by atoms with E-state index >= 15 is 0 Å². The summed E-state index contributed by atoms with van der Waals surface area (Å²) in [7, 11) is 0. The van der Waals surface area contributed by atoms with Crippen molar-refractivity contribution >= 4 is 33.1 Å². The van der Waals surface area contributed by atoms with Gasteiger partial charge in [0.25, 0.3) is 5.56 Å². The molecular formula is C20H20FN3O2S. The van der Waals surface area contributed by atoms with Gasteiger partial charge in [-0.15, -0.1) is 11.3 Å². The van der Waals surface area contributed by atoms with Crippen LogP contribution in [0.25, 0.3) is 10.2 Å². The Morgan fingerprint density at radius 2 is 2.26 bits per heavy atom. The van der Waals surface area contributed by atoms with Crippen molar-refractivity contribution in [1.29, 1.82) is 0 Å². The molecule has 0 saturated heterocycles. The van der Waals surface area contributed by atoms with Crippen LogP contribution in [0.4, 0.5) is 10.1 Å². The average Bonchev–Trinajstić information content (AvgIpc) is 2.98. The minimum Gasteiger partial charge on any atom is -0.322 e. The molecule has 1 aliphatic rings. The lowest BCUT2D eigenvalue weighted by Crippen LogP contribution is -2.28. The molecule has 0 bridgehead atoms. The molecule has 0 radical (unpaired) electrons. The van der Waals surface area contributed by atoms with Gasteiger partial charge in [0.05, 0.1) is 17.4 Å². The fraction of sp³-hybridized carbons (Fsp3) is 0.350. The maximum absolute atomic E-state index is 13.9. The highest BCUT2D eigenvalue weighted by Crippen LogP contribution is 2.35. The molecule has 1 atom stereocenters. The predicted octanol–water partition coefficient (Wildman–Crippen LogP) is 3.67. The Morgan fingerprint density at radius 3 is 3.04 bits per heavy atom. The number of hydrogen-bond acceptors (Lipinski definition) is 4. The fourth-order valence-corrected chi connectivity index (χ4v) is 4.89. The summed E-state index contributed by atoms with van der Waals surface area (Å²) in [5.41, 5.74) is 1.76. The quantitative estimate of drug-likeness (QED) is 0.748. The predicted molar refractivity (Wildman–Crippen MR) is 105 cm³/mol. The van der Waals surface area contributed by atoms with Crippen LogP contribution in [-0.4, -0.2) is 15.5 Å². The number of hydrogen-bond donors (Lipinski definition) is 1. The minimum absolute atomic E-state index is 0.106. The van der Waals surface area contributed by atoms with Crippen molar-refractivity contribution in [2.24, 2.45) is 5.92 Å². The number of amides is 1. The maximum Gasteiger partial charge on any atom is 0.262 e. The van der Waals surface area contributed by atoms with Crippen LogP contribution in [0.1, 0.15) is 29.3 Å². The number of fused-ring (bicyclic) bond motifs is 3. The minimum atomic E-state index is -0.495. The van der Waals surface area contributed by atoms with Crippen molar-refractivity contribution < 1.29 is 9.18 Å². The van der Waals surface area contributed by atoms with Gasteiger partial charge >= 0.3 is 0 Å². The largest absolute Gasteiger partial charge is 0.322 e. The summed E-state index contributed by atoms with van der Waals surface area (Å²) in [5.74, 6) is -0.341. The number of aromatic nitrogens is 2. The van der Waals surface area contributed by atoms with Crippen molar-refractivity contribution in [3.8, 4) is 0 Å². The SMILES string of the molecule is Cc1ccc(NC(=O)Cn2cnc3sc4c(c3c2=O)CC[C@H](C)C4)c(F)c1. The molecule has 0 unspecified atom stereocenters. The van der Waals surface area contributed by atoms with E-state index < -0.39 is 11.7 Å². The van der Waals surface area contributed by atoms with Crippen molar-refractivity contribution in [3.63, 3.8) is 0 Å². The van der Waals surface area contributed by atoms with E-state index in [1.165, 1.54) is 27.9 Å². The van der Waals surface area contributed by atoms with Gasteiger partial charge in [-0.3, -0.25) is 14.2 Å². The number of thiophene rings is 1. The second kappa shape index (κ2) is 6.88. The summed E-state index contributed by atoms with van der Waals surface area (Å²) < 4.78 is 15.2. The van der Waals surface area contributed by atoms with Gasteiger partial charge in [0.15, 0.2) is 0 Å². The van der Waals surface area contributed by atoms with Crippen molar-refractivity contribution in [2.45, 2.75) is 39.7 Å². The van der Waals surface area contributed by atoms with Crippen LogP contribution in [0.3, 0.4) is 0 Å². The third kappa shape index (κ3) is 3.39. The molecule has 1 amide bonds. The van der Waals surface area contributed by atoms with E-state index in [-0.39, 0.29) is 17.8 Å². The van der Waals surface area contributed by atoms with Crippen molar-refractivity contribution in [3.05, 3.63) is 56.7 Å². The Balaban J connectivity index is 1.61. The standard InChI is InChI=1S/C20H20FN3O2S/c1-11-4-6-15(14(21)7-11)23-17(25)9-24-10-22-19-18(20(24)26)13-5-3-12(2)8-16(13)27-19/h4,6-7,10,12H,3,5,8-9H2,1-2H3,(H,23,25)/t12-/m0/s1. The zero-order chi connectivity index (χ0) is 19.1. The monoisotopic (exact) mass is 385 g/mol. The second-order valence-corrected chi connectivity index (χ2v) is 8.32. The van der Waals surface area contributed by atoms with E-state index in [2.05, 4.69) is 17.2 Å². The number of anilines is 1. The van der Waals surface area contributed by atoms with E-state index in [1.807, 2.05) is 0 Å². The Morgan fingerprint density at radius 1 is 1.44 bits per heavy atom. The van der Waals surface area contributed by atoms with Gasteiger partial charge in [-0.25, -0.2) is 9.37 Å². The Labute approximate surface area is 159 Å². The van der Waals surface area contributed by atoms with E-state index in [9.17, 15) is 14.0 Å². The summed E-state index contributed by atoms with van der Waals surface area (Å²) in [5, 5.41) is 3.16. The molecule has 1 aliphatic carbocycles. The molecule has 2 heterocycles.